The number of hydrogen-bond donors (Lipinski definition) is 2. The Morgan fingerprint density at radius 1 is 1.56 bits per heavy atom. The summed E-state index contributed by atoms with van der Waals surface area (Å²) >= 11 is 0. The van der Waals surface area contributed by atoms with Gasteiger partial charge in [0.05, 0.1) is 24.9 Å². The van der Waals surface area contributed by atoms with Crippen LogP contribution in [0.1, 0.15) is 13.3 Å². The van der Waals surface area contributed by atoms with Gasteiger partial charge in [-0.1, -0.05) is 12.2 Å². The minimum Gasteiger partial charge on any atom is -0.481 e. The molecule has 18 heavy (non-hydrogen) atoms. The van der Waals surface area contributed by atoms with Crippen LogP contribution in [0, 0.1) is 5.92 Å². The van der Waals surface area contributed by atoms with Gasteiger partial charge in [-0.3, -0.25) is 9.78 Å². The van der Waals surface area contributed by atoms with E-state index < -0.39 is 11.9 Å². The zero-order valence-corrected chi connectivity index (χ0v) is 10.0. The summed E-state index contributed by atoms with van der Waals surface area (Å²) in [5.41, 5.74) is 0. The zero-order chi connectivity index (χ0) is 13.0. The number of ether oxygens (including phenoxy) is 1. The Labute approximate surface area is 105 Å². The van der Waals surface area contributed by atoms with E-state index in [1.807, 2.05) is 13.0 Å². The molecule has 0 saturated carbocycles. The van der Waals surface area contributed by atoms with Crippen molar-refractivity contribution in [3.05, 3.63) is 24.5 Å². The molecule has 96 valence electrons. The maximum absolute atomic E-state index is 10.8. The Morgan fingerprint density at radius 2 is 2.39 bits per heavy atom. The molecule has 1 aromatic heterocycles. The number of nitrogens with zero attached hydrogens (tertiary/aromatic N) is 2. The molecule has 0 spiro atoms. The van der Waals surface area contributed by atoms with Crippen molar-refractivity contribution >= 4 is 11.8 Å². The van der Waals surface area contributed by atoms with E-state index in [0.29, 0.717) is 24.7 Å². The maximum Gasteiger partial charge on any atom is 0.310 e. The summed E-state index contributed by atoms with van der Waals surface area (Å²) in [6.07, 6.45) is 7.19. The molecule has 2 atom stereocenters. The SMILES string of the molecule is CCOc1cncc(NC2C=CC(C(=O)O)C2)n1. The standard InChI is InChI=1S/C12H15N3O3/c1-2-18-11-7-13-6-10(15-11)14-9-4-3-8(5-9)12(16)17/h3-4,6-9H,2,5H2,1H3,(H,14,15)(H,16,17). The van der Waals surface area contributed by atoms with E-state index in [2.05, 4.69) is 15.3 Å². The van der Waals surface area contributed by atoms with Gasteiger partial charge >= 0.3 is 5.97 Å². The fraction of sp³-hybridized carbons (Fsp3) is 0.417. The Bertz CT molecular complexity index is 462. The Balaban J connectivity index is 1.96. The van der Waals surface area contributed by atoms with Crippen molar-refractivity contribution < 1.29 is 14.6 Å². The Morgan fingerprint density at radius 3 is 3.06 bits per heavy atom. The number of rotatable bonds is 5. The zero-order valence-electron chi connectivity index (χ0n) is 10.0. The molecular formula is C12H15N3O3. The maximum atomic E-state index is 10.8. The second-order valence-electron chi connectivity index (χ2n) is 3.99. The molecule has 0 saturated heterocycles. The first kappa shape index (κ1) is 12.3. The number of carboxylic acid groups (broad SMARTS) is 1. The van der Waals surface area contributed by atoms with Gasteiger partial charge in [0.2, 0.25) is 5.88 Å². The Kier molecular flexibility index (Phi) is 3.76. The number of carboxylic acids is 1. The first-order chi connectivity index (χ1) is 8.69. The summed E-state index contributed by atoms with van der Waals surface area (Å²) in [6.45, 7) is 2.40. The van der Waals surface area contributed by atoms with E-state index in [1.54, 1.807) is 18.5 Å². The second kappa shape index (κ2) is 5.48. The van der Waals surface area contributed by atoms with Gasteiger partial charge in [0.15, 0.2) is 0 Å². The van der Waals surface area contributed by atoms with Crippen molar-refractivity contribution in [2.24, 2.45) is 5.92 Å². The van der Waals surface area contributed by atoms with Crippen molar-refractivity contribution in [2.45, 2.75) is 19.4 Å². The average molecular weight is 249 g/mol. The molecule has 2 rings (SSSR count). The first-order valence-corrected chi connectivity index (χ1v) is 5.81. The van der Waals surface area contributed by atoms with E-state index in [4.69, 9.17) is 9.84 Å². The van der Waals surface area contributed by atoms with Gasteiger partial charge in [-0.2, -0.15) is 4.98 Å². The lowest BCUT2D eigenvalue weighted by atomic mass is 10.1. The van der Waals surface area contributed by atoms with Crippen LogP contribution in [0.5, 0.6) is 5.88 Å². The topological polar surface area (TPSA) is 84.3 Å². The highest BCUT2D eigenvalue weighted by Crippen LogP contribution is 2.21. The summed E-state index contributed by atoms with van der Waals surface area (Å²) in [5, 5.41) is 12.0. The molecule has 2 N–H and O–H groups in total. The van der Waals surface area contributed by atoms with Gasteiger partial charge < -0.3 is 15.2 Å². The molecule has 6 nitrogen and oxygen atoms in total. The van der Waals surface area contributed by atoms with Crippen LogP contribution in [-0.4, -0.2) is 33.7 Å². The minimum absolute atomic E-state index is 0.0303. The van der Waals surface area contributed by atoms with Crippen LogP contribution in [0.4, 0.5) is 5.82 Å². The summed E-state index contributed by atoms with van der Waals surface area (Å²) in [5.74, 6) is -0.184. The highest BCUT2D eigenvalue weighted by Gasteiger charge is 2.24. The highest BCUT2D eigenvalue weighted by molar-refractivity contribution is 5.73. The van der Waals surface area contributed by atoms with Gasteiger partial charge in [-0.25, -0.2) is 0 Å². The van der Waals surface area contributed by atoms with Crippen LogP contribution in [0.2, 0.25) is 0 Å². The van der Waals surface area contributed by atoms with E-state index in [9.17, 15) is 4.79 Å². The molecule has 2 unspecified atom stereocenters. The smallest absolute Gasteiger partial charge is 0.310 e. The van der Waals surface area contributed by atoms with Crippen LogP contribution in [0.3, 0.4) is 0 Å². The number of aromatic nitrogens is 2. The molecule has 0 aliphatic heterocycles. The van der Waals surface area contributed by atoms with Crippen LogP contribution in [0.15, 0.2) is 24.5 Å². The lowest BCUT2D eigenvalue weighted by Gasteiger charge is -2.12. The van der Waals surface area contributed by atoms with Crippen LogP contribution in [0.25, 0.3) is 0 Å². The van der Waals surface area contributed by atoms with Gasteiger partial charge in [0.1, 0.15) is 5.82 Å². The molecule has 1 heterocycles. The van der Waals surface area contributed by atoms with Crippen LogP contribution in [-0.2, 0) is 4.79 Å². The summed E-state index contributed by atoms with van der Waals surface area (Å²) in [7, 11) is 0. The molecule has 0 aromatic carbocycles. The molecule has 0 radical (unpaired) electrons. The van der Waals surface area contributed by atoms with Crippen molar-refractivity contribution in [2.75, 3.05) is 11.9 Å². The molecule has 1 aliphatic rings. The monoisotopic (exact) mass is 249 g/mol. The van der Waals surface area contributed by atoms with E-state index in [1.165, 1.54) is 0 Å². The third kappa shape index (κ3) is 2.97. The molecule has 1 aromatic rings. The van der Waals surface area contributed by atoms with Crippen molar-refractivity contribution in [1.82, 2.24) is 9.97 Å². The number of anilines is 1. The predicted octanol–water partition coefficient (Wildman–Crippen LogP) is 1.32. The summed E-state index contributed by atoms with van der Waals surface area (Å²) in [6, 6.07) is -0.0303. The lowest BCUT2D eigenvalue weighted by Crippen LogP contribution is -2.19. The van der Waals surface area contributed by atoms with Crippen molar-refractivity contribution in [3.8, 4) is 5.88 Å². The average Bonchev–Trinajstić information content (AvgIpc) is 2.78. The van der Waals surface area contributed by atoms with Gasteiger partial charge in [-0.15, -0.1) is 0 Å². The second-order valence-corrected chi connectivity index (χ2v) is 3.99. The van der Waals surface area contributed by atoms with Crippen LogP contribution < -0.4 is 10.1 Å². The van der Waals surface area contributed by atoms with Gasteiger partial charge in [0.25, 0.3) is 0 Å². The predicted molar refractivity (Wildman–Crippen MR) is 65.5 cm³/mol. The normalized spacial score (nSPS) is 21.8. The number of aliphatic carboxylic acids is 1. The molecule has 0 amide bonds. The molecular weight excluding hydrogens is 234 g/mol. The Hall–Kier alpha value is -2.11. The summed E-state index contributed by atoms with van der Waals surface area (Å²) < 4.78 is 5.24. The largest absolute Gasteiger partial charge is 0.481 e. The van der Waals surface area contributed by atoms with Crippen molar-refractivity contribution in [1.29, 1.82) is 0 Å². The quantitative estimate of drug-likeness (QED) is 0.765. The molecule has 0 bridgehead atoms. The van der Waals surface area contributed by atoms with Crippen molar-refractivity contribution in [3.63, 3.8) is 0 Å². The third-order valence-corrected chi connectivity index (χ3v) is 2.64. The molecule has 6 heteroatoms. The van der Waals surface area contributed by atoms with Gasteiger partial charge in [-0.05, 0) is 13.3 Å². The van der Waals surface area contributed by atoms with E-state index in [-0.39, 0.29) is 6.04 Å². The highest BCUT2D eigenvalue weighted by atomic mass is 16.5. The number of carbonyl (C=O) groups is 1. The number of hydrogen-bond acceptors (Lipinski definition) is 5. The van der Waals surface area contributed by atoms with Crippen LogP contribution >= 0.6 is 0 Å². The number of nitrogens with one attached hydrogen (secondary N) is 1. The molecule has 1 aliphatic carbocycles. The molecule has 0 fully saturated rings. The van der Waals surface area contributed by atoms with Gasteiger partial charge in [0, 0.05) is 6.04 Å². The summed E-state index contributed by atoms with van der Waals surface area (Å²) in [4.78, 5) is 19.0. The van der Waals surface area contributed by atoms with E-state index >= 15 is 0 Å². The lowest BCUT2D eigenvalue weighted by molar-refractivity contribution is -0.140. The third-order valence-electron chi connectivity index (χ3n) is 2.64. The first-order valence-electron chi connectivity index (χ1n) is 5.81. The fourth-order valence-corrected chi connectivity index (χ4v) is 1.81. The van der Waals surface area contributed by atoms with E-state index in [0.717, 1.165) is 0 Å². The fourth-order valence-electron chi connectivity index (χ4n) is 1.81. The minimum atomic E-state index is -0.801.